The van der Waals surface area contributed by atoms with Crippen LogP contribution < -0.4 is 0 Å². The van der Waals surface area contributed by atoms with E-state index in [2.05, 4.69) is 86.6 Å². The van der Waals surface area contributed by atoms with Gasteiger partial charge in [0.2, 0.25) is 0 Å². The van der Waals surface area contributed by atoms with Gasteiger partial charge >= 0.3 is 11.9 Å². The van der Waals surface area contributed by atoms with Crippen LogP contribution in [0.1, 0.15) is 123 Å². The van der Waals surface area contributed by atoms with Crippen molar-refractivity contribution in [3.05, 3.63) is 105 Å². The van der Waals surface area contributed by atoms with Crippen molar-refractivity contribution in [1.29, 1.82) is 0 Å². The standard InChI is InChI=1S/C46H50O4S4/c1-5-7-9-11-13-31-15-19-33(20-16-31)23-37(49-29(3)47)41-27-43-45(53-41)35-25-40-36(26-39(35)51-43)46-44(52-40)28-42(54-46)38(50-30(4)48)24-34-21-17-32(18-22-34)14-12-10-8-6-2/h15-22,25-28,37-38H,5-14,23-24H2,1-4H3. The molecule has 4 nitrogen and oxygen atoms in total. The smallest absolute Gasteiger partial charge is 0.303 e. The number of aryl methyl sites for hydroxylation is 2. The van der Waals surface area contributed by atoms with E-state index in [1.807, 2.05) is 0 Å². The molecular weight excluding hydrogens is 745 g/mol. The Morgan fingerprint density at radius 1 is 0.500 bits per heavy atom. The predicted molar refractivity (Wildman–Crippen MR) is 233 cm³/mol. The van der Waals surface area contributed by atoms with E-state index in [0.717, 1.165) is 22.6 Å². The van der Waals surface area contributed by atoms with Crippen LogP contribution in [0.15, 0.2) is 72.8 Å². The fraction of sp³-hybridized carbons (Fsp3) is 0.391. The number of unbranched alkanes of at least 4 members (excludes halogenated alkanes) is 6. The summed E-state index contributed by atoms with van der Waals surface area (Å²) in [6, 6.07) is 26.9. The first-order valence-corrected chi connectivity index (χ1v) is 22.9. The molecule has 4 heterocycles. The Kier molecular flexibility index (Phi) is 12.9. The molecule has 0 radical (unpaired) electrons. The van der Waals surface area contributed by atoms with Gasteiger partial charge in [-0.2, -0.15) is 0 Å². The zero-order chi connectivity index (χ0) is 37.6. The van der Waals surface area contributed by atoms with Crippen molar-refractivity contribution in [1.82, 2.24) is 0 Å². The highest BCUT2D eigenvalue weighted by atomic mass is 32.1. The molecule has 0 N–H and O–H groups in total. The van der Waals surface area contributed by atoms with Gasteiger partial charge in [0, 0.05) is 66.0 Å². The number of rotatable bonds is 18. The summed E-state index contributed by atoms with van der Waals surface area (Å²) in [5, 5.41) is 2.52. The predicted octanol–water partition coefficient (Wildman–Crippen LogP) is 14.5. The van der Waals surface area contributed by atoms with E-state index in [9.17, 15) is 9.59 Å². The second-order valence-electron chi connectivity index (χ2n) is 14.6. The molecule has 3 aromatic carbocycles. The summed E-state index contributed by atoms with van der Waals surface area (Å²) in [5.41, 5.74) is 5.11. The average Bonchev–Trinajstić information content (AvgIpc) is 3.91. The van der Waals surface area contributed by atoms with E-state index in [-0.39, 0.29) is 24.1 Å². The highest BCUT2D eigenvalue weighted by Crippen LogP contribution is 2.48. The van der Waals surface area contributed by atoms with Crippen LogP contribution in [0.5, 0.6) is 0 Å². The zero-order valence-electron chi connectivity index (χ0n) is 31.8. The fourth-order valence-electron chi connectivity index (χ4n) is 7.38. The van der Waals surface area contributed by atoms with E-state index < -0.39 is 0 Å². The van der Waals surface area contributed by atoms with Crippen molar-refractivity contribution in [2.75, 3.05) is 0 Å². The van der Waals surface area contributed by atoms with Gasteiger partial charge < -0.3 is 9.47 Å². The average molecular weight is 795 g/mol. The van der Waals surface area contributed by atoms with E-state index in [4.69, 9.17) is 9.47 Å². The SMILES string of the molecule is CCCCCCc1ccc(CC(OC(C)=O)c2cc3sc4cc5c(cc4c3s2)sc2cc(C(Cc3ccc(CCCCCC)cc3)OC(C)=O)sc25)cc1. The van der Waals surface area contributed by atoms with Crippen molar-refractivity contribution in [3.8, 4) is 0 Å². The third-order valence-corrected chi connectivity index (χ3v) is 15.2. The lowest BCUT2D eigenvalue weighted by Gasteiger charge is -2.16. The van der Waals surface area contributed by atoms with Crippen LogP contribution in [0.25, 0.3) is 39.0 Å². The van der Waals surface area contributed by atoms with Gasteiger partial charge in [0.15, 0.2) is 0 Å². The van der Waals surface area contributed by atoms with E-state index in [1.54, 1.807) is 45.3 Å². The summed E-state index contributed by atoms with van der Waals surface area (Å²) in [4.78, 5) is 26.7. The maximum absolute atomic E-state index is 12.2. The molecule has 0 spiro atoms. The molecule has 7 aromatic rings. The van der Waals surface area contributed by atoms with Gasteiger partial charge in [-0.25, -0.2) is 0 Å². The van der Waals surface area contributed by atoms with Crippen molar-refractivity contribution in [2.45, 2.75) is 117 Å². The molecule has 0 fully saturated rings. The van der Waals surface area contributed by atoms with Gasteiger partial charge in [-0.05, 0) is 72.2 Å². The number of fused-ring (bicyclic) bond motifs is 6. The number of esters is 2. The Morgan fingerprint density at radius 3 is 1.26 bits per heavy atom. The highest BCUT2D eigenvalue weighted by molar-refractivity contribution is 7.34. The number of thiophene rings is 4. The lowest BCUT2D eigenvalue weighted by Crippen LogP contribution is -2.10. The Morgan fingerprint density at radius 2 is 0.889 bits per heavy atom. The van der Waals surface area contributed by atoms with Crippen LogP contribution in [0.2, 0.25) is 0 Å². The van der Waals surface area contributed by atoms with Crippen molar-refractivity contribution in [2.24, 2.45) is 0 Å². The second kappa shape index (κ2) is 17.9. The normalized spacial score (nSPS) is 13.0. The van der Waals surface area contributed by atoms with Crippen LogP contribution in [0, 0.1) is 0 Å². The molecule has 0 aliphatic carbocycles. The van der Waals surface area contributed by atoms with Gasteiger partial charge in [-0.3, -0.25) is 9.59 Å². The van der Waals surface area contributed by atoms with Crippen molar-refractivity contribution < 1.29 is 19.1 Å². The lowest BCUT2D eigenvalue weighted by molar-refractivity contribution is -0.147. The van der Waals surface area contributed by atoms with Gasteiger partial charge in [0.05, 0.1) is 9.40 Å². The molecule has 0 amide bonds. The minimum atomic E-state index is -0.314. The first kappa shape index (κ1) is 38.7. The van der Waals surface area contributed by atoms with E-state index >= 15 is 0 Å². The Balaban J connectivity index is 1.10. The Hall–Kier alpha value is -3.56. The summed E-state index contributed by atoms with van der Waals surface area (Å²) in [7, 11) is 0. The first-order chi connectivity index (χ1) is 26.3. The molecule has 0 aliphatic rings. The van der Waals surface area contributed by atoms with Gasteiger partial charge in [0.1, 0.15) is 12.2 Å². The number of carbonyl (C=O) groups is 2. The van der Waals surface area contributed by atoms with Crippen molar-refractivity contribution >= 4 is 96.3 Å². The molecular formula is C46H50O4S4. The summed E-state index contributed by atoms with van der Waals surface area (Å²) in [5.74, 6) is -0.508. The fourth-order valence-corrected chi connectivity index (χ4v) is 12.5. The van der Waals surface area contributed by atoms with Crippen LogP contribution in [0.4, 0.5) is 0 Å². The largest absolute Gasteiger partial charge is 0.456 e. The number of hydrogen-bond donors (Lipinski definition) is 0. The molecule has 2 unspecified atom stereocenters. The number of ether oxygens (including phenoxy) is 2. The van der Waals surface area contributed by atoms with E-state index in [0.29, 0.717) is 12.8 Å². The monoisotopic (exact) mass is 794 g/mol. The molecule has 8 heteroatoms. The van der Waals surface area contributed by atoms with Crippen LogP contribution in [-0.4, -0.2) is 11.9 Å². The first-order valence-electron chi connectivity index (χ1n) is 19.6. The van der Waals surface area contributed by atoms with Gasteiger partial charge in [-0.15, -0.1) is 45.3 Å². The molecule has 282 valence electrons. The third-order valence-electron chi connectivity index (χ3n) is 10.2. The zero-order valence-corrected chi connectivity index (χ0v) is 35.1. The number of benzene rings is 3. The summed E-state index contributed by atoms with van der Waals surface area (Å²) in [6.07, 6.45) is 13.0. The van der Waals surface area contributed by atoms with E-state index in [1.165, 1.54) is 126 Å². The number of hydrogen-bond acceptors (Lipinski definition) is 8. The minimum Gasteiger partial charge on any atom is -0.456 e. The van der Waals surface area contributed by atoms with Crippen LogP contribution in [-0.2, 0) is 44.7 Å². The maximum Gasteiger partial charge on any atom is 0.303 e. The summed E-state index contributed by atoms with van der Waals surface area (Å²) >= 11 is 7.11. The Bertz CT molecular complexity index is 2170. The minimum absolute atomic E-state index is 0.254. The van der Waals surface area contributed by atoms with Crippen LogP contribution >= 0.6 is 45.3 Å². The molecule has 0 bridgehead atoms. The van der Waals surface area contributed by atoms with Gasteiger partial charge in [-0.1, -0.05) is 101 Å². The van der Waals surface area contributed by atoms with Gasteiger partial charge in [0.25, 0.3) is 0 Å². The third kappa shape index (κ3) is 9.27. The molecule has 0 aliphatic heterocycles. The molecule has 2 atom stereocenters. The lowest BCUT2D eigenvalue weighted by atomic mass is 10.0. The highest BCUT2D eigenvalue weighted by Gasteiger charge is 2.23. The molecule has 0 saturated carbocycles. The summed E-state index contributed by atoms with van der Waals surface area (Å²) in [6.45, 7) is 7.50. The Labute approximate surface area is 335 Å². The summed E-state index contributed by atoms with van der Waals surface area (Å²) < 4.78 is 19.4. The quantitative estimate of drug-likeness (QED) is 0.0641. The molecule has 0 saturated heterocycles. The molecule has 4 aromatic heterocycles. The second-order valence-corrected chi connectivity index (χ2v) is 18.9. The topological polar surface area (TPSA) is 52.6 Å². The molecule has 54 heavy (non-hydrogen) atoms. The van der Waals surface area contributed by atoms with Crippen LogP contribution in [0.3, 0.4) is 0 Å². The molecule has 7 rings (SSSR count). The number of carbonyl (C=O) groups excluding carboxylic acids is 2. The maximum atomic E-state index is 12.2. The van der Waals surface area contributed by atoms with Crippen molar-refractivity contribution in [3.63, 3.8) is 0 Å².